The molecule has 15 heavy (non-hydrogen) atoms. The molecule has 0 saturated carbocycles. The van der Waals surface area contributed by atoms with E-state index in [0.717, 1.165) is 5.75 Å². The average Bonchev–Trinajstić information content (AvgIpc) is 2.15. The number of hydrogen-bond donors (Lipinski definition) is 2. The molecule has 0 bridgehead atoms. The van der Waals surface area contributed by atoms with Gasteiger partial charge in [-0.2, -0.15) is 11.8 Å². The van der Waals surface area contributed by atoms with Gasteiger partial charge in [-0.05, 0) is 6.92 Å². The second-order valence-electron chi connectivity index (χ2n) is 3.73. The van der Waals surface area contributed by atoms with Crippen LogP contribution in [0.25, 0.3) is 0 Å². The lowest BCUT2D eigenvalue weighted by molar-refractivity contribution is 0.248. The molecule has 1 fully saturated rings. The van der Waals surface area contributed by atoms with Crippen LogP contribution in [0.15, 0.2) is 0 Å². The van der Waals surface area contributed by atoms with Gasteiger partial charge >= 0.3 is 0 Å². The number of hydrogen-bond acceptors (Lipinski definition) is 5. The summed E-state index contributed by atoms with van der Waals surface area (Å²) < 4.78 is 23.1. The van der Waals surface area contributed by atoms with E-state index in [1.165, 1.54) is 6.26 Å². The van der Waals surface area contributed by atoms with E-state index in [1.807, 2.05) is 0 Å². The molecule has 1 heterocycles. The molecule has 7 heteroatoms. The molecule has 88 valence electrons. The van der Waals surface area contributed by atoms with E-state index in [0.29, 0.717) is 12.3 Å². The van der Waals surface area contributed by atoms with Crippen LogP contribution in [-0.4, -0.2) is 54.9 Å². The van der Waals surface area contributed by atoms with E-state index >= 15 is 0 Å². The Hall–Kier alpha value is -0.270. The van der Waals surface area contributed by atoms with Crippen molar-refractivity contribution in [3.05, 3.63) is 0 Å². The lowest BCUT2D eigenvalue weighted by atomic mass is 10.2. The first-order valence-corrected chi connectivity index (χ1v) is 7.81. The Kier molecular flexibility index (Phi) is 4.02. The molecule has 0 radical (unpaired) electrons. The topological polar surface area (TPSA) is 87.2 Å². The highest BCUT2D eigenvalue weighted by Crippen LogP contribution is 2.22. The van der Waals surface area contributed by atoms with Crippen molar-refractivity contribution in [3.63, 3.8) is 0 Å². The molecule has 0 spiro atoms. The Balaban J connectivity index is 2.88. The largest absolute Gasteiger partial charge is 0.386 e. The fourth-order valence-electron chi connectivity index (χ4n) is 1.59. The van der Waals surface area contributed by atoms with Gasteiger partial charge in [-0.3, -0.25) is 10.3 Å². The van der Waals surface area contributed by atoms with Crippen molar-refractivity contribution >= 4 is 27.4 Å². The van der Waals surface area contributed by atoms with Crippen molar-refractivity contribution in [3.8, 4) is 0 Å². The van der Waals surface area contributed by atoms with Gasteiger partial charge in [0.15, 0.2) is 9.84 Å². The van der Waals surface area contributed by atoms with Crippen molar-refractivity contribution in [2.45, 2.75) is 18.3 Å². The molecule has 5 nitrogen and oxygen atoms in total. The normalized spacial score (nSPS) is 26.1. The molecule has 0 aromatic rings. The van der Waals surface area contributed by atoms with E-state index in [2.05, 4.69) is 0 Å². The minimum Gasteiger partial charge on any atom is -0.386 e. The smallest absolute Gasteiger partial charge is 0.164 e. The zero-order chi connectivity index (χ0) is 11.6. The molecule has 1 aliphatic rings. The first-order valence-electron chi connectivity index (χ1n) is 4.70. The third kappa shape index (κ3) is 3.09. The van der Waals surface area contributed by atoms with Crippen LogP contribution in [-0.2, 0) is 9.84 Å². The molecule has 1 aliphatic heterocycles. The number of nitrogens with two attached hydrogens (primary N) is 1. The number of nitrogens with one attached hydrogen (secondary N) is 1. The van der Waals surface area contributed by atoms with Crippen LogP contribution in [0, 0.1) is 5.41 Å². The molecule has 0 aromatic carbocycles. The average molecular weight is 251 g/mol. The fraction of sp³-hybridized carbons (Fsp3) is 0.875. The Morgan fingerprint density at radius 2 is 2.27 bits per heavy atom. The van der Waals surface area contributed by atoms with Crippen LogP contribution in [0.3, 0.4) is 0 Å². The molecule has 1 saturated heterocycles. The molecule has 1 rings (SSSR count). The van der Waals surface area contributed by atoms with Crippen LogP contribution in [0.2, 0.25) is 0 Å². The van der Waals surface area contributed by atoms with Crippen molar-refractivity contribution in [2.24, 2.45) is 5.73 Å². The maximum atomic E-state index is 11.6. The zero-order valence-corrected chi connectivity index (χ0v) is 10.6. The minimum atomic E-state index is -3.10. The summed E-state index contributed by atoms with van der Waals surface area (Å²) in [6, 6.07) is -0.300. The highest BCUT2D eigenvalue weighted by atomic mass is 32.2. The van der Waals surface area contributed by atoms with Crippen molar-refractivity contribution in [1.82, 2.24) is 4.90 Å². The number of sulfone groups is 1. The number of thioether (sulfide) groups is 1. The van der Waals surface area contributed by atoms with E-state index < -0.39 is 15.2 Å². The summed E-state index contributed by atoms with van der Waals surface area (Å²) in [5.41, 5.74) is 5.41. The van der Waals surface area contributed by atoms with Crippen LogP contribution >= 0.6 is 11.8 Å². The third-order valence-corrected chi connectivity index (χ3v) is 5.23. The molecule has 2 unspecified atom stereocenters. The SMILES string of the molecule is CC(C(=N)N)N1CCSCC1S(C)(=O)=O. The lowest BCUT2D eigenvalue weighted by Gasteiger charge is -2.37. The van der Waals surface area contributed by atoms with Crippen LogP contribution in [0.1, 0.15) is 6.92 Å². The minimum absolute atomic E-state index is 0.0237. The quantitative estimate of drug-likeness (QED) is 0.532. The summed E-state index contributed by atoms with van der Waals surface area (Å²) in [5, 5.41) is 6.86. The Morgan fingerprint density at radius 1 is 1.67 bits per heavy atom. The predicted octanol–water partition coefficient (Wildman–Crippen LogP) is -0.270. The van der Waals surface area contributed by atoms with Gasteiger partial charge in [0.25, 0.3) is 0 Å². The predicted molar refractivity (Wildman–Crippen MR) is 64.0 cm³/mol. The Morgan fingerprint density at radius 3 is 2.73 bits per heavy atom. The molecule has 3 N–H and O–H groups in total. The van der Waals surface area contributed by atoms with E-state index in [4.69, 9.17) is 11.1 Å². The van der Waals surface area contributed by atoms with Gasteiger partial charge in [0.1, 0.15) is 11.2 Å². The number of rotatable bonds is 3. The lowest BCUT2D eigenvalue weighted by Crippen LogP contribution is -2.54. The second-order valence-corrected chi connectivity index (χ2v) is 7.08. The Bertz CT molecular complexity index is 342. The summed E-state index contributed by atoms with van der Waals surface area (Å²) in [6.07, 6.45) is 1.24. The van der Waals surface area contributed by atoms with Crippen molar-refractivity contribution in [2.75, 3.05) is 24.3 Å². The second kappa shape index (κ2) is 4.71. The van der Waals surface area contributed by atoms with Crippen molar-refractivity contribution in [1.29, 1.82) is 5.41 Å². The van der Waals surface area contributed by atoms with Gasteiger partial charge < -0.3 is 5.73 Å². The van der Waals surface area contributed by atoms with Gasteiger partial charge in [0.2, 0.25) is 0 Å². The number of amidine groups is 1. The van der Waals surface area contributed by atoms with Gasteiger partial charge in [-0.15, -0.1) is 0 Å². The third-order valence-electron chi connectivity index (χ3n) is 2.57. The highest BCUT2D eigenvalue weighted by Gasteiger charge is 2.34. The Labute approximate surface area is 94.8 Å². The van der Waals surface area contributed by atoms with Crippen LogP contribution < -0.4 is 5.73 Å². The maximum Gasteiger partial charge on any atom is 0.164 e. The molecule has 0 amide bonds. The molecule has 0 aliphatic carbocycles. The van der Waals surface area contributed by atoms with E-state index in [-0.39, 0.29) is 11.9 Å². The summed E-state index contributed by atoms with van der Waals surface area (Å²) in [5.74, 6) is 1.48. The van der Waals surface area contributed by atoms with Crippen molar-refractivity contribution < 1.29 is 8.42 Å². The van der Waals surface area contributed by atoms with Gasteiger partial charge in [-0.25, -0.2) is 8.42 Å². The molecular formula is C8H17N3O2S2. The van der Waals surface area contributed by atoms with Gasteiger partial charge in [0.05, 0.1) is 6.04 Å². The first kappa shape index (κ1) is 12.8. The van der Waals surface area contributed by atoms with Gasteiger partial charge in [0, 0.05) is 24.3 Å². The maximum absolute atomic E-state index is 11.6. The summed E-state index contributed by atoms with van der Waals surface area (Å²) in [7, 11) is -3.10. The van der Waals surface area contributed by atoms with E-state index in [9.17, 15) is 8.42 Å². The van der Waals surface area contributed by atoms with Crippen LogP contribution in [0.4, 0.5) is 0 Å². The van der Waals surface area contributed by atoms with E-state index in [1.54, 1.807) is 23.6 Å². The monoisotopic (exact) mass is 251 g/mol. The molecular weight excluding hydrogens is 234 g/mol. The zero-order valence-electron chi connectivity index (χ0n) is 8.93. The highest BCUT2D eigenvalue weighted by molar-refractivity contribution is 8.00. The summed E-state index contributed by atoms with van der Waals surface area (Å²) >= 11 is 1.63. The summed E-state index contributed by atoms with van der Waals surface area (Å²) in [6.45, 7) is 2.44. The standard InChI is InChI=1S/C8H17N3O2S2/c1-6(8(9)10)11-3-4-14-5-7(11)15(2,12)13/h6-7H,3-5H2,1-2H3,(H3,9,10). The fourth-order valence-corrected chi connectivity index (χ4v) is 4.54. The molecule has 0 aromatic heterocycles. The summed E-state index contributed by atoms with van der Waals surface area (Å²) in [4.78, 5) is 1.80. The number of nitrogens with zero attached hydrogens (tertiary/aromatic N) is 1. The molecule has 2 atom stereocenters. The van der Waals surface area contributed by atoms with Crippen LogP contribution in [0.5, 0.6) is 0 Å². The van der Waals surface area contributed by atoms with Gasteiger partial charge in [-0.1, -0.05) is 0 Å². The first-order chi connectivity index (χ1) is 6.84.